The van der Waals surface area contributed by atoms with E-state index in [2.05, 4.69) is 40.5 Å². The molecule has 8 heteroatoms. The van der Waals surface area contributed by atoms with Crippen LogP contribution in [0.1, 0.15) is 28.2 Å². The number of rotatable bonds is 6. The maximum absolute atomic E-state index is 12.8. The lowest BCUT2D eigenvalue weighted by molar-refractivity contribution is 0.134. The minimum atomic E-state index is -0.0120. The molecule has 8 nitrogen and oxygen atoms in total. The summed E-state index contributed by atoms with van der Waals surface area (Å²) in [7, 11) is 0. The van der Waals surface area contributed by atoms with E-state index in [1.807, 2.05) is 63.5 Å². The van der Waals surface area contributed by atoms with Gasteiger partial charge in [-0.3, -0.25) is 9.58 Å². The van der Waals surface area contributed by atoms with Gasteiger partial charge in [0.1, 0.15) is 5.65 Å². The van der Waals surface area contributed by atoms with Crippen LogP contribution in [0, 0.1) is 13.8 Å². The lowest BCUT2D eigenvalue weighted by atomic mass is 10.2. The highest BCUT2D eigenvalue weighted by atomic mass is 16.2. The fraction of sp³-hybridized carbons (Fsp3) is 0.346. The molecule has 0 spiro atoms. The smallest absolute Gasteiger partial charge is 0.317 e. The third-order valence-electron chi connectivity index (χ3n) is 6.58. The van der Waals surface area contributed by atoms with Gasteiger partial charge >= 0.3 is 6.03 Å². The third-order valence-corrected chi connectivity index (χ3v) is 6.58. The summed E-state index contributed by atoms with van der Waals surface area (Å²) >= 11 is 0. The number of urea groups is 1. The Balaban J connectivity index is 1.12. The molecule has 1 aliphatic rings. The summed E-state index contributed by atoms with van der Waals surface area (Å²) in [5.74, 6) is 0. The summed E-state index contributed by atoms with van der Waals surface area (Å²) in [5.41, 5.74) is 6.39. The van der Waals surface area contributed by atoms with Crippen molar-refractivity contribution in [2.24, 2.45) is 0 Å². The van der Waals surface area contributed by atoms with Gasteiger partial charge in [-0.2, -0.15) is 5.10 Å². The van der Waals surface area contributed by atoms with Gasteiger partial charge in [-0.1, -0.05) is 36.4 Å². The number of aryl methyl sites for hydroxylation is 1. The SMILES string of the molecule is Cc1nn(Cc2ccccc2)c(C)c1CNC(=O)N1CCN(Cc2cn3ccccc3n2)CC1. The Bertz CT molecular complexity index is 1240. The van der Waals surface area contributed by atoms with Crippen LogP contribution in [0.2, 0.25) is 0 Å². The number of benzene rings is 1. The lowest BCUT2D eigenvalue weighted by Gasteiger charge is -2.34. The van der Waals surface area contributed by atoms with Crippen LogP contribution >= 0.6 is 0 Å². The maximum Gasteiger partial charge on any atom is 0.317 e. The molecule has 2 amide bonds. The van der Waals surface area contributed by atoms with E-state index < -0.39 is 0 Å². The van der Waals surface area contributed by atoms with Crippen molar-refractivity contribution in [1.29, 1.82) is 0 Å². The molecule has 0 saturated carbocycles. The second-order valence-corrected chi connectivity index (χ2v) is 8.91. The van der Waals surface area contributed by atoms with Gasteiger partial charge in [0.2, 0.25) is 0 Å². The molecule has 0 atom stereocenters. The molecule has 1 saturated heterocycles. The van der Waals surface area contributed by atoms with Gasteiger partial charge in [0.15, 0.2) is 0 Å². The predicted molar refractivity (Wildman–Crippen MR) is 132 cm³/mol. The van der Waals surface area contributed by atoms with E-state index in [1.54, 1.807) is 0 Å². The van der Waals surface area contributed by atoms with Crippen molar-refractivity contribution in [3.05, 3.63) is 89.1 Å². The number of amides is 2. The van der Waals surface area contributed by atoms with Crippen LogP contribution in [0.3, 0.4) is 0 Å². The van der Waals surface area contributed by atoms with E-state index >= 15 is 0 Å². The summed E-state index contributed by atoms with van der Waals surface area (Å²) in [6.07, 6.45) is 4.10. The van der Waals surface area contributed by atoms with Crippen LogP contribution in [0.25, 0.3) is 5.65 Å². The predicted octanol–water partition coefficient (Wildman–Crippen LogP) is 3.22. The second kappa shape index (κ2) is 9.69. The molecular formula is C26H31N7O. The minimum absolute atomic E-state index is 0.0120. The molecule has 0 radical (unpaired) electrons. The number of pyridine rings is 1. The first-order valence-corrected chi connectivity index (χ1v) is 11.8. The highest BCUT2D eigenvalue weighted by Crippen LogP contribution is 2.15. The van der Waals surface area contributed by atoms with Gasteiger partial charge in [-0.25, -0.2) is 9.78 Å². The van der Waals surface area contributed by atoms with Gasteiger partial charge in [-0.15, -0.1) is 0 Å². The van der Waals surface area contributed by atoms with Crippen LogP contribution in [0.4, 0.5) is 4.79 Å². The summed E-state index contributed by atoms with van der Waals surface area (Å²) in [6, 6.07) is 16.3. The first-order chi connectivity index (χ1) is 16.6. The number of fused-ring (bicyclic) bond motifs is 1. The maximum atomic E-state index is 12.8. The molecule has 5 rings (SSSR count). The average molecular weight is 458 g/mol. The Morgan fingerprint density at radius 1 is 0.971 bits per heavy atom. The number of carbonyl (C=O) groups excluding carboxylic acids is 1. The number of imidazole rings is 1. The zero-order valence-corrected chi connectivity index (χ0v) is 19.8. The Morgan fingerprint density at radius 2 is 1.74 bits per heavy atom. The van der Waals surface area contributed by atoms with Gasteiger partial charge in [0.05, 0.1) is 17.9 Å². The summed E-state index contributed by atoms with van der Waals surface area (Å²) in [4.78, 5) is 21.8. The summed E-state index contributed by atoms with van der Waals surface area (Å²) < 4.78 is 4.06. The van der Waals surface area contributed by atoms with E-state index in [0.29, 0.717) is 19.6 Å². The number of nitrogens with zero attached hydrogens (tertiary/aromatic N) is 6. The quantitative estimate of drug-likeness (QED) is 0.483. The van der Waals surface area contributed by atoms with Crippen LogP contribution in [-0.2, 0) is 19.6 Å². The molecule has 0 bridgehead atoms. The van der Waals surface area contributed by atoms with Crippen molar-refractivity contribution < 1.29 is 4.79 Å². The molecule has 1 N–H and O–H groups in total. The van der Waals surface area contributed by atoms with Crippen molar-refractivity contribution in [2.45, 2.75) is 33.5 Å². The van der Waals surface area contributed by atoms with Crippen molar-refractivity contribution in [2.75, 3.05) is 26.2 Å². The molecular weight excluding hydrogens is 426 g/mol. The van der Waals surface area contributed by atoms with Crippen molar-refractivity contribution >= 4 is 11.7 Å². The van der Waals surface area contributed by atoms with Gasteiger partial charge in [0.25, 0.3) is 0 Å². The lowest BCUT2D eigenvalue weighted by Crippen LogP contribution is -2.51. The Kier molecular flexibility index (Phi) is 6.31. The first kappa shape index (κ1) is 22.2. The van der Waals surface area contributed by atoms with E-state index in [-0.39, 0.29) is 6.03 Å². The third kappa shape index (κ3) is 4.82. The fourth-order valence-corrected chi connectivity index (χ4v) is 4.58. The molecule has 0 aliphatic carbocycles. The van der Waals surface area contributed by atoms with Crippen LogP contribution in [0.5, 0.6) is 0 Å². The van der Waals surface area contributed by atoms with Crippen molar-refractivity contribution in [3.63, 3.8) is 0 Å². The zero-order chi connectivity index (χ0) is 23.5. The van der Waals surface area contributed by atoms with E-state index in [4.69, 9.17) is 5.10 Å². The molecule has 4 heterocycles. The highest BCUT2D eigenvalue weighted by molar-refractivity contribution is 5.74. The Hall–Kier alpha value is -3.65. The van der Waals surface area contributed by atoms with Crippen LogP contribution < -0.4 is 5.32 Å². The van der Waals surface area contributed by atoms with Crippen LogP contribution in [0.15, 0.2) is 60.9 Å². The van der Waals surface area contributed by atoms with Crippen molar-refractivity contribution in [1.82, 2.24) is 34.3 Å². The molecule has 1 aromatic carbocycles. The normalized spacial score (nSPS) is 14.6. The Morgan fingerprint density at radius 3 is 2.50 bits per heavy atom. The van der Waals surface area contributed by atoms with Gasteiger partial charge in [0, 0.05) is 62.9 Å². The number of hydrogen-bond acceptors (Lipinski definition) is 4. The van der Waals surface area contributed by atoms with Crippen LogP contribution in [-0.4, -0.2) is 61.2 Å². The molecule has 176 valence electrons. The molecule has 3 aromatic heterocycles. The molecule has 0 unspecified atom stereocenters. The number of hydrogen-bond donors (Lipinski definition) is 1. The largest absolute Gasteiger partial charge is 0.334 e. The molecule has 4 aromatic rings. The summed E-state index contributed by atoms with van der Waals surface area (Å²) in [5, 5.41) is 7.81. The molecule has 1 aliphatic heterocycles. The number of carbonyl (C=O) groups is 1. The monoisotopic (exact) mass is 457 g/mol. The minimum Gasteiger partial charge on any atom is -0.334 e. The van der Waals surface area contributed by atoms with E-state index in [9.17, 15) is 4.79 Å². The zero-order valence-electron chi connectivity index (χ0n) is 19.8. The Labute approximate surface area is 199 Å². The number of nitrogens with one attached hydrogen (secondary N) is 1. The first-order valence-electron chi connectivity index (χ1n) is 11.8. The molecule has 1 fully saturated rings. The van der Waals surface area contributed by atoms with E-state index in [1.165, 1.54) is 5.56 Å². The topological polar surface area (TPSA) is 70.7 Å². The number of piperazine rings is 1. The van der Waals surface area contributed by atoms with Gasteiger partial charge < -0.3 is 14.6 Å². The molecule has 34 heavy (non-hydrogen) atoms. The number of aromatic nitrogens is 4. The summed E-state index contributed by atoms with van der Waals surface area (Å²) in [6.45, 7) is 9.22. The fourth-order valence-electron chi connectivity index (χ4n) is 4.58. The van der Waals surface area contributed by atoms with E-state index in [0.717, 1.165) is 54.5 Å². The van der Waals surface area contributed by atoms with Gasteiger partial charge in [-0.05, 0) is 31.5 Å². The second-order valence-electron chi connectivity index (χ2n) is 8.91. The standard InChI is InChI=1S/C26H31N7O/c1-20-24(21(2)33(29-20)17-22-8-4-3-5-9-22)16-27-26(34)31-14-12-30(13-15-31)18-23-19-32-11-7-6-10-25(32)28-23/h3-11,19H,12-18H2,1-2H3,(H,27,34). The highest BCUT2D eigenvalue weighted by Gasteiger charge is 2.22. The van der Waals surface area contributed by atoms with Crippen molar-refractivity contribution in [3.8, 4) is 0 Å². The average Bonchev–Trinajstić information content (AvgIpc) is 3.38.